The van der Waals surface area contributed by atoms with E-state index in [0.717, 1.165) is 12.1 Å². The quantitative estimate of drug-likeness (QED) is 0.587. The molecule has 0 bridgehead atoms. The lowest BCUT2D eigenvalue weighted by molar-refractivity contribution is -0.131. The normalized spacial score (nSPS) is 16.7. The van der Waals surface area contributed by atoms with Crippen LogP contribution in [-0.4, -0.2) is 51.9 Å². The first-order valence-electron chi connectivity index (χ1n) is 9.87. The maximum Gasteiger partial charge on any atom is 0.323 e. The van der Waals surface area contributed by atoms with Crippen LogP contribution >= 0.6 is 0 Å². The van der Waals surface area contributed by atoms with Crippen LogP contribution in [-0.2, 0) is 9.59 Å². The van der Waals surface area contributed by atoms with Gasteiger partial charge in [-0.05, 0) is 25.8 Å². The number of hydrogen-bond acceptors (Lipinski definition) is 6. The molecule has 1 aliphatic carbocycles. The summed E-state index contributed by atoms with van der Waals surface area (Å²) in [6.07, 6.45) is 1.51. The zero-order valence-corrected chi connectivity index (χ0v) is 17.0. The lowest BCUT2D eigenvalue weighted by Gasteiger charge is -2.35. The molecular weight excluding hydrogens is 426 g/mol. The molecule has 168 valence electrons. The molecule has 1 saturated heterocycles. The molecule has 1 aromatic carbocycles. The third kappa shape index (κ3) is 4.24. The van der Waals surface area contributed by atoms with E-state index in [-0.39, 0.29) is 30.4 Å². The van der Waals surface area contributed by atoms with Crippen molar-refractivity contribution in [2.75, 3.05) is 23.7 Å². The summed E-state index contributed by atoms with van der Waals surface area (Å²) in [5.41, 5.74) is -1.56. The number of Topliss-reactive ketones (excluding diaryl/α,β-unsaturated/α-hetero) is 1. The van der Waals surface area contributed by atoms with Crippen LogP contribution < -0.4 is 15.4 Å². The summed E-state index contributed by atoms with van der Waals surface area (Å²) in [4.78, 5) is 41.3. The zero-order valence-electron chi connectivity index (χ0n) is 17.0. The minimum absolute atomic E-state index is 0.0857. The molecule has 2 aromatic rings. The van der Waals surface area contributed by atoms with E-state index in [4.69, 9.17) is 4.74 Å². The number of likely N-dealkylation sites (tertiary alicyclic amines) is 1. The first-order valence-corrected chi connectivity index (χ1v) is 9.87. The van der Waals surface area contributed by atoms with E-state index in [1.165, 1.54) is 30.2 Å². The highest BCUT2D eigenvalue weighted by Gasteiger charge is 2.54. The van der Waals surface area contributed by atoms with E-state index in [1.807, 2.05) is 0 Å². The number of anilines is 2. The average Bonchev–Trinajstić information content (AvgIpc) is 3.52. The van der Waals surface area contributed by atoms with Crippen LogP contribution in [0.2, 0.25) is 0 Å². The molecule has 1 aliphatic heterocycles. The minimum atomic E-state index is -1.16. The number of carbonyl (C=O) groups excluding carboxylic acids is 3. The van der Waals surface area contributed by atoms with Gasteiger partial charge in [-0.25, -0.2) is 18.6 Å². The number of pyridine rings is 1. The van der Waals surface area contributed by atoms with E-state index >= 15 is 0 Å². The Morgan fingerprint density at radius 3 is 2.50 bits per heavy atom. The summed E-state index contributed by atoms with van der Waals surface area (Å²) in [5, 5.41) is 14.1. The van der Waals surface area contributed by atoms with E-state index in [9.17, 15) is 28.3 Å². The first-order chi connectivity index (χ1) is 15.2. The molecule has 1 saturated carbocycles. The molecule has 1 aromatic heterocycles. The largest absolute Gasteiger partial charge is 0.454 e. The Bertz CT molecular complexity index is 1100. The fourth-order valence-electron chi connectivity index (χ4n) is 3.29. The van der Waals surface area contributed by atoms with Crippen molar-refractivity contribution >= 4 is 29.2 Å². The number of aliphatic hydroxyl groups is 1. The summed E-state index contributed by atoms with van der Waals surface area (Å²) in [6, 6.07) is 3.80. The highest BCUT2D eigenvalue weighted by atomic mass is 19.1. The molecule has 2 fully saturated rings. The Balaban J connectivity index is 1.44. The second-order valence-electron chi connectivity index (χ2n) is 7.82. The predicted octanol–water partition coefficient (Wildman–Crippen LogP) is 2.67. The smallest absolute Gasteiger partial charge is 0.323 e. The van der Waals surface area contributed by atoms with E-state index in [1.54, 1.807) is 0 Å². The molecule has 2 heterocycles. The first kappa shape index (κ1) is 21.6. The highest BCUT2D eigenvalue weighted by molar-refractivity contribution is 6.13. The van der Waals surface area contributed by atoms with Gasteiger partial charge in [0.1, 0.15) is 22.8 Å². The van der Waals surface area contributed by atoms with E-state index in [2.05, 4.69) is 15.6 Å². The standard InChI is InChI=1S/C21H20F2N4O5/c1-11(28)21(3-4-21)19(30)25-16-7-15(23)17(8-14(16)22)32-13-2-5-24-18(6-13)26-20(31)27-9-12(29)10-27/h2,5-8,12,29H,3-4,9-10H2,1H3,(H,25,30)(H,24,26,31). The Hall–Kier alpha value is -3.60. The summed E-state index contributed by atoms with van der Waals surface area (Å²) >= 11 is 0. The summed E-state index contributed by atoms with van der Waals surface area (Å²) in [6.45, 7) is 1.71. The van der Waals surface area contributed by atoms with Gasteiger partial charge in [-0.2, -0.15) is 0 Å². The number of nitrogens with zero attached hydrogens (tertiary/aromatic N) is 2. The van der Waals surface area contributed by atoms with E-state index in [0.29, 0.717) is 12.8 Å². The zero-order chi connectivity index (χ0) is 23.0. The Morgan fingerprint density at radius 1 is 1.16 bits per heavy atom. The number of benzene rings is 1. The second kappa shape index (κ2) is 8.15. The number of amides is 3. The maximum atomic E-state index is 14.5. The molecule has 2 aliphatic rings. The predicted molar refractivity (Wildman–Crippen MR) is 108 cm³/mol. The van der Waals surface area contributed by atoms with Crippen molar-refractivity contribution in [3.8, 4) is 11.5 Å². The van der Waals surface area contributed by atoms with Crippen LogP contribution in [0, 0.1) is 17.0 Å². The monoisotopic (exact) mass is 446 g/mol. The number of aromatic nitrogens is 1. The van der Waals surface area contributed by atoms with Gasteiger partial charge in [0.25, 0.3) is 0 Å². The number of carbonyl (C=O) groups is 3. The van der Waals surface area contributed by atoms with Crippen LogP contribution in [0.1, 0.15) is 19.8 Å². The van der Waals surface area contributed by atoms with Gasteiger partial charge in [0.15, 0.2) is 17.4 Å². The second-order valence-corrected chi connectivity index (χ2v) is 7.82. The highest BCUT2D eigenvalue weighted by Crippen LogP contribution is 2.47. The number of nitrogens with one attached hydrogen (secondary N) is 2. The molecule has 3 amide bonds. The van der Waals surface area contributed by atoms with Crippen LogP contribution in [0.5, 0.6) is 11.5 Å². The van der Waals surface area contributed by atoms with Gasteiger partial charge in [0, 0.05) is 24.4 Å². The van der Waals surface area contributed by atoms with Crippen molar-refractivity contribution in [3.63, 3.8) is 0 Å². The van der Waals surface area contributed by atoms with Crippen molar-refractivity contribution in [3.05, 3.63) is 42.1 Å². The van der Waals surface area contributed by atoms with Crippen molar-refractivity contribution < 1.29 is 33.0 Å². The van der Waals surface area contributed by atoms with Crippen LogP contribution in [0.15, 0.2) is 30.5 Å². The number of β-amino-alcohol motifs (C(OH)–C–C–N with tert-alkyl or cyclic N) is 1. The summed E-state index contributed by atoms with van der Waals surface area (Å²) in [7, 11) is 0. The fourth-order valence-corrected chi connectivity index (χ4v) is 3.29. The van der Waals surface area contributed by atoms with Gasteiger partial charge >= 0.3 is 6.03 Å². The van der Waals surface area contributed by atoms with Crippen LogP contribution in [0.4, 0.5) is 25.1 Å². The molecule has 0 radical (unpaired) electrons. The van der Waals surface area contributed by atoms with Crippen molar-refractivity contribution in [1.29, 1.82) is 0 Å². The number of aliphatic hydroxyl groups excluding tert-OH is 1. The lowest BCUT2D eigenvalue weighted by Crippen LogP contribution is -2.54. The summed E-state index contributed by atoms with van der Waals surface area (Å²) < 4.78 is 34.4. The number of ether oxygens (including phenoxy) is 1. The third-order valence-electron chi connectivity index (χ3n) is 5.47. The number of rotatable bonds is 6. The molecule has 0 unspecified atom stereocenters. The van der Waals surface area contributed by atoms with Crippen molar-refractivity contribution in [2.24, 2.45) is 5.41 Å². The molecule has 0 atom stereocenters. The summed E-state index contributed by atoms with van der Waals surface area (Å²) in [5.74, 6) is -3.09. The topological polar surface area (TPSA) is 121 Å². The van der Waals surface area contributed by atoms with Crippen molar-refractivity contribution in [1.82, 2.24) is 9.88 Å². The van der Waals surface area contributed by atoms with E-state index < -0.39 is 46.5 Å². The maximum absolute atomic E-state index is 14.5. The molecule has 0 spiro atoms. The number of halogens is 2. The van der Waals surface area contributed by atoms with Gasteiger partial charge in [-0.3, -0.25) is 14.9 Å². The van der Waals surface area contributed by atoms with Gasteiger partial charge < -0.3 is 20.1 Å². The minimum Gasteiger partial charge on any atom is -0.454 e. The molecule has 9 nitrogen and oxygen atoms in total. The molecular formula is C21H20F2N4O5. The molecule has 11 heteroatoms. The Labute approximate surface area is 181 Å². The number of urea groups is 1. The number of hydrogen-bond donors (Lipinski definition) is 3. The molecule has 32 heavy (non-hydrogen) atoms. The third-order valence-corrected chi connectivity index (χ3v) is 5.47. The molecule has 4 rings (SSSR count). The van der Waals surface area contributed by atoms with Crippen LogP contribution in [0.25, 0.3) is 0 Å². The van der Waals surface area contributed by atoms with Gasteiger partial charge in [-0.15, -0.1) is 0 Å². The van der Waals surface area contributed by atoms with Gasteiger partial charge in [0.05, 0.1) is 24.9 Å². The Morgan fingerprint density at radius 2 is 1.88 bits per heavy atom. The van der Waals surface area contributed by atoms with Gasteiger partial charge in [-0.1, -0.05) is 0 Å². The van der Waals surface area contributed by atoms with Crippen LogP contribution in [0.3, 0.4) is 0 Å². The lowest BCUT2D eigenvalue weighted by atomic mass is 10.0. The SMILES string of the molecule is CC(=O)C1(C(=O)Nc2cc(F)c(Oc3ccnc(NC(=O)N4CC(O)C4)c3)cc2F)CC1. The number of ketones is 1. The van der Waals surface area contributed by atoms with Crippen molar-refractivity contribution in [2.45, 2.75) is 25.9 Å². The fraction of sp³-hybridized carbons (Fsp3) is 0.333. The molecule has 3 N–H and O–H groups in total. The Kier molecular flexibility index (Phi) is 5.51. The average molecular weight is 446 g/mol. The van der Waals surface area contributed by atoms with Gasteiger partial charge in [0.2, 0.25) is 5.91 Å².